The van der Waals surface area contributed by atoms with Crippen molar-refractivity contribution in [3.8, 4) is 0 Å². The first-order valence-corrected chi connectivity index (χ1v) is 6.82. The van der Waals surface area contributed by atoms with Crippen LogP contribution in [0.5, 0.6) is 0 Å². The second-order valence-electron chi connectivity index (χ2n) is 4.18. The molecule has 2 aliphatic rings. The van der Waals surface area contributed by atoms with Gasteiger partial charge in [0.25, 0.3) is 0 Å². The van der Waals surface area contributed by atoms with Gasteiger partial charge in [0.05, 0.1) is 0 Å². The van der Waals surface area contributed by atoms with Crippen LogP contribution in [-0.4, -0.2) is 11.8 Å². The molecule has 0 amide bonds. The zero-order chi connectivity index (χ0) is 8.93. The highest BCUT2D eigenvalue weighted by molar-refractivity contribution is 7.38. The van der Waals surface area contributed by atoms with Crippen LogP contribution in [0.2, 0.25) is 0 Å². The van der Waals surface area contributed by atoms with Crippen molar-refractivity contribution < 1.29 is 0 Å². The molecule has 0 radical (unpaired) electrons. The summed E-state index contributed by atoms with van der Waals surface area (Å²) in [6.07, 6.45) is 18.0. The maximum absolute atomic E-state index is 2.34. The summed E-state index contributed by atoms with van der Waals surface area (Å²) in [6.45, 7) is 0. The first-order chi connectivity index (χ1) is 6.45. The monoisotopic (exact) mass is 194 g/mol. The molecule has 13 heavy (non-hydrogen) atoms. The lowest BCUT2D eigenvalue weighted by Crippen LogP contribution is -2.08. The lowest BCUT2D eigenvalue weighted by molar-refractivity contribution is 0.513. The normalized spacial score (nSPS) is 25.2. The summed E-state index contributed by atoms with van der Waals surface area (Å²) in [7, 11) is 1.21. The third-order valence-electron chi connectivity index (χ3n) is 3.08. The predicted molar refractivity (Wildman–Crippen MR) is 61.8 cm³/mol. The van der Waals surface area contributed by atoms with Gasteiger partial charge in [-0.15, -0.1) is 8.58 Å². The Balaban J connectivity index is 1.66. The van der Waals surface area contributed by atoms with Crippen molar-refractivity contribution >= 4 is 8.58 Å². The van der Waals surface area contributed by atoms with Gasteiger partial charge in [-0.25, -0.2) is 0 Å². The molecule has 0 nitrogen and oxygen atoms in total. The molecule has 0 aromatic heterocycles. The average molecular weight is 194 g/mol. The van der Waals surface area contributed by atoms with Crippen LogP contribution in [0, 0.1) is 5.92 Å². The van der Waals surface area contributed by atoms with Crippen molar-refractivity contribution in [2.75, 3.05) is 6.16 Å². The van der Waals surface area contributed by atoms with E-state index in [9.17, 15) is 0 Å². The molecule has 0 aliphatic heterocycles. The minimum Gasteiger partial charge on any atom is -0.118 e. The predicted octanol–water partition coefficient (Wildman–Crippen LogP) is 3.74. The van der Waals surface area contributed by atoms with Gasteiger partial charge in [0.1, 0.15) is 0 Å². The summed E-state index contributed by atoms with van der Waals surface area (Å²) in [6, 6.07) is 0. The molecule has 0 bridgehead atoms. The molecule has 1 fully saturated rings. The van der Waals surface area contributed by atoms with Crippen LogP contribution < -0.4 is 0 Å². The molecule has 1 heteroatoms. The van der Waals surface area contributed by atoms with Gasteiger partial charge in [-0.05, 0) is 30.6 Å². The van der Waals surface area contributed by atoms with Gasteiger partial charge >= 0.3 is 0 Å². The standard InChI is InChI=1S/C12H19P/c1-2-8-12(9-3-1)13-10-11-6-4-5-7-11/h4-7,11-13H,1-3,8-10H2. The largest absolute Gasteiger partial charge is 0.118 e. The van der Waals surface area contributed by atoms with Crippen molar-refractivity contribution in [1.29, 1.82) is 0 Å². The van der Waals surface area contributed by atoms with E-state index >= 15 is 0 Å². The van der Waals surface area contributed by atoms with Crippen LogP contribution in [-0.2, 0) is 0 Å². The fourth-order valence-corrected chi connectivity index (χ4v) is 3.92. The highest BCUT2D eigenvalue weighted by Gasteiger charge is 2.14. The summed E-state index contributed by atoms with van der Waals surface area (Å²) in [5.41, 5.74) is 1.08. The molecule has 0 saturated heterocycles. The Bertz CT molecular complexity index is 187. The third kappa shape index (κ3) is 2.95. The Hall–Kier alpha value is -0.0900. The highest BCUT2D eigenvalue weighted by Crippen LogP contribution is 2.34. The van der Waals surface area contributed by atoms with Gasteiger partial charge in [-0.1, -0.05) is 43.6 Å². The first kappa shape index (κ1) is 9.46. The minimum absolute atomic E-state index is 0.778. The zero-order valence-corrected chi connectivity index (χ0v) is 9.21. The highest BCUT2D eigenvalue weighted by atomic mass is 31.1. The molecule has 0 aromatic carbocycles. The van der Waals surface area contributed by atoms with Crippen LogP contribution in [0.1, 0.15) is 32.1 Å². The van der Waals surface area contributed by atoms with Gasteiger partial charge in [0.2, 0.25) is 0 Å². The van der Waals surface area contributed by atoms with Crippen molar-refractivity contribution in [3.63, 3.8) is 0 Å². The summed E-state index contributed by atoms with van der Waals surface area (Å²) in [5, 5.41) is 0. The molecule has 1 unspecified atom stereocenters. The van der Waals surface area contributed by atoms with Crippen LogP contribution in [0.25, 0.3) is 0 Å². The molecule has 0 N–H and O–H groups in total. The lowest BCUT2D eigenvalue weighted by atomic mass is 10.0. The Morgan fingerprint density at radius 1 is 1.00 bits per heavy atom. The van der Waals surface area contributed by atoms with E-state index in [1.165, 1.54) is 46.8 Å². The molecule has 2 aliphatic carbocycles. The van der Waals surface area contributed by atoms with E-state index in [4.69, 9.17) is 0 Å². The maximum Gasteiger partial charge on any atom is -0.00103 e. The molecular formula is C12H19P. The molecule has 0 aromatic rings. The van der Waals surface area contributed by atoms with Crippen LogP contribution in [0.4, 0.5) is 0 Å². The van der Waals surface area contributed by atoms with Crippen molar-refractivity contribution in [1.82, 2.24) is 0 Å². The second-order valence-corrected chi connectivity index (χ2v) is 5.81. The minimum atomic E-state index is 0.778. The van der Waals surface area contributed by atoms with E-state index in [1.54, 1.807) is 0 Å². The molecule has 0 spiro atoms. The van der Waals surface area contributed by atoms with Gasteiger partial charge in [-0.3, -0.25) is 0 Å². The number of allylic oxidation sites excluding steroid dienone is 4. The first-order valence-electron chi connectivity index (χ1n) is 5.53. The molecule has 1 atom stereocenters. The lowest BCUT2D eigenvalue weighted by Gasteiger charge is -2.22. The third-order valence-corrected chi connectivity index (χ3v) is 4.94. The summed E-state index contributed by atoms with van der Waals surface area (Å²) in [5.74, 6) is 0.778. The van der Waals surface area contributed by atoms with Gasteiger partial charge in [0.15, 0.2) is 0 Å². The van der Waals surface area contributed by atoms with E-state index in [2.05, 4.69) is 24.3 Å². The smallest absolute Gasteiger partial charge is 0.00103 e. The zero-order valence-electron chi connectivity index (χ0n) is 8.21. The maximum atomic E-state index is 2.34. The summed E-state index contributed by atoms with van der Waals surface area (Å²) >= 11 is 0. The van der Waals surface area contributed by atoms with Crippen molar-refractivity contribution in [3.05, 3.63) is 24.3 Å². The van der Waals surface area contributed by atoms with Crippen LogP contribution in [0.3, 0.4) is 0 Å². The van der Waals surface area contributed by atoms with Crippen LogP contribution >= 0.6 is 8.58 Å². The fourth-order valence-electron chi connectivity index (χ4n) is 2.22. The molecule has 72 valence electrons. The van der Waals surface area contributed by atoms with E-state index in [0.29, 0.717) is 0 Å². The fraction of sp³-hybridized carbons (Fsp3) is 0.667. The SMILES string of the molecule is C1=CC(CPC2CCCCC2)C=C1. The Morgan fingerprint density at radius 3 is 2.38 bits per heavy atom. The second kappa shape index (κ2) is 4.96. The average Bonchev–Trinajstić information content (AvgIpc) is 2.69. The molecule has 2 rings (SSSR count). The number of hydrogen-bond donors (Lipinski definition) is 0. The Kier molecular flexibility index (Phi) is 3.61. The quantitative estimate of drug-likeness (QED) is 0.600. The Labute approximate surface area is 83.3 Å². The summed E-state index contributed by atoms with van der Waals surface area (Å²) < 4.78 is 0. The molecular weight excluding hydrogens is 175 g/mol. The number of hydrogen-bond acceptors (Lipinski definition) is 0. The molecule has 1 saturated carbocycles. The van der Waals surface area contributed by atoms with E-state index in [-0.39, 0.29) is 0 Å². The summed E-state index contributed by atoms with van der Waals surface area (Å²) in [4.78, 5) is 0. The van der Waals surface area contributed by atoms with E-state index in [0.717, 1.165) is 11.6 Å². The number of rotatable bonds is 3. The van der Waals surface area contributed by atoms with Crippen LogP contribution in [0.15, 0.2) is 24.3 Å². The Morgan fingerprint density at radius 2 is 1.69 bits per heavy atom. The van der Waals surface area contributed by atoms with Gasteiger partial charge in [0, 0.05) is 0 Å². The van der Waals surface area contributed by atoms with Crippen molar-refractivity contribution in [2.45, 2.75) is 37.8 Å². The van der Waals surface area contributed by atoms with Gasteiger partial charge < -0.3 is 0 Å². The van der Waals surface area contributed by atoms with Gasteiger partial charge in [-0.2, -0.15) is 0 Å². The van der Waals surface area contributed by atoms with E-state index in [1.807, 2.05) is 0 Å². The van der Waals surface area contributed by atoms with E-state index < -0.39 is 0 Å². The topological polar surface area (TPSA) is 0 Å². The van der Waals surface area contributed by atoms with Crippen molar-refractivity contribution in [2.24, 2.45) is 5.92 Å². The molecule has 0 heterocycles.